The Morgan fingerprint density at radius 1 is 1.64 bits per heavy atom. The van der Waals surface area contributed by atoms with Crippen molar-refractivity contribution in [1.82, 2.24) is 9.97 Å². The standard InChI is InChI=1S/C7H12BrN3/c1-2-3-4-5-6(8)11-7(9)10-5/h2-4H2,1H3,(H3,9,10,11). The van der Waals surface area contributed by atoms with E-state index in [-0.39, 0.29) is 0 Å². The highest BCUT2D eigenvalue weighted by atomic mass is 79.9. The maximum absolute atomic E-state index is 5.45. The topological polar surface area (TPSA) is 54.7 Å². The van der Waals surface area contributed by atoms with E-state index >= 15 is 0 Å². The van der Waals surface area contributed by atoms with Gasteiger partial charge < -0.3 is 10.7 Å². The normalized spacial score (nSPS) is 10.4. The second kappa shape index (κ2) is 3.76. The molecule has 0 aromatic carbocycles. The number of H-pyrrole nitrogens is 1. The summed E-state index contributed by atoms with van der Waals surface area (Å²) in [6, 6.07) is 0. The average molecular weight is 218 g/mol. The zero-order chi connectivity index (χ0) is 8.27. The van der Waals surface area contributed by atoms with Crippen LogP contribution in [0.25, 0.3) is 0 Å². The summed E-state index contributed by atoms with van der Waals surface area (Å²) in [6.07, 6.45) is 3.37. The lowest BCUT2D eigenvalue weighted by atomic mass is 10.2. The lowest BCUT2D eigenvalue weighted by Gasteiger charge is -1.93. The fourth-order valence-electron chi connectivity index (χ4n) is 0.927. The van der Waals surface area contributed by atoms with Crippen molar-refractivity contribution in [2.75, 3.05) is 5.73 Å². The minimum absolute atomic E-state index is 0.489. The van der Waals surface area contributed by atoms with Crippen LogP contribution in [0, 0.1) is 0 Å². The summed E-state index contributed by atoms with van der Waals surface area (Å²) >= 11 is 3.32. The van der Waals surface area contributed by atoms with E-state index in [1.165, 1.54) is 12.8 Å². The highest BCUT2D eigenvalue weighted by molar-refractivity contribution is 9.10. The van der Waals surface area contributed by atoms with Crippen LogP contribution < -0.4 is 5.73 Å². The van der Waals surface area contributed by atoms with Crippen molar-refractivity contribution < 1.29 is 0 Å². The van der Waals surface area contributed by atoms with Crippen LogP contribution in [0.4, 0.5) is 5.95 Å². The van der Waals surface area contributed by atoms with Gasteiger partial charge >= 0.3 is 0 Å². The Morgan fingerprint density at radius 3 is 2.82 bits per heavy atom. The number of nitrogens with one attached hydrogen (secondary N) is 1. The number of aromatic amines is 1. The highest BCUT2D eigenvalue weighted by Gasteiger charge is 2.03. The molecule has 0 atom stereocenters. The first-order chi connectivity index (χ1) is 5.24. The van der Waals surface area contributed by atoms with E-state index in [1.54, 1.807) is 0 Å². The number of nitrogens with zero attached hydrogens (tertiary/aromatic N) is 1. The van der Waals surface area contributed by atoms with Gasteiger partial charge in [0.1, 0.15) is 4.60 Å². The molecule has 0 unspecified atom stereocenters. The maximum Gasteiger partial charge on any atom is 0.198 e. The van der Waals surface area contributed by atoms with E-state index in [1.807, 2.05) is 0 Å². The number of hydrogen-bond acceptors (Lipinski definition) is 2. The quantitative estimate of drug-likeness (QED) is 0.816. The number of anilines is 1. The van der Waals surface area contributed by atoms with Crippen molar-refractivity contribution in [3.8, 4) is 0 Å². The number of nitrogens with two attached hydrogens (primary N) is 1. The van der Waals surface area contributed by atoms with Crippen molar-refractivity contribution in [3.05, 3.63) is 10.3 Å². The molecule has 0 bridgehead atoms. The number of nitrogen functional groups attached to an aromatic ring is 1. The molecule has 11 heavy (non-hydrogen) atoms. The first-order valence-electron chi connectivity index (χ1n) is 3.74. The number of unbranched alkanes of at least 4 members (excludes halogenated alkanes) is 1. The Kier molecular flexibility index (Phi) is 2.93. The van der Waals surface area contributed by atoms with Gasteiger partial charge in [-0.05, 0) is 28.8 Å². The summed E-state index contributed by atoms with van der Waals surface area (Å²) < 4.78 is 0.850. The summed E-state index contributed by atoms with van der Waals surface area (Å²) in [4.78, 5) is 7.00. The molecular weight excluding hydrogens is 206 g/mol. The summed E-state index contributed by atoms with van der Waals surface area (Å²) in [5.41, 5.74) is 6.56. The number of halogens is 1. The molecule has 0 spiro atoms. The van der Waals surface area contributed by atoms with Gasteiger partial charge in [0, 0.05) is 0 Å². The fourth-order valence-corrected chi connectivity index (χ4v) is 1.41. The Labute approximate surface area is 74.5 Å². The zero-order valence-electron chi connectivity index (χ0n) is 6.52. The van der Waals surface area contributed by atoms with Crippen molar-refractivity contribution in [2.24, 2.45) is 0 Å². The first-order valence-corrected chi connectivity index (χ1v) is 4.53. The molecule has 0 saturated carbocycles. The number of hydrogen-bond donors (Lipinski definition) is 2. The molecule has 1 aromatic heterocycles. The highest BCUT2D eigenvalue weighted by Crippen LogP contribution is 2.16. The molecule has 62 valence electrons. The molecule has 0 saturated heterocycles. The molecule has 0 aliphatic rings. The Balaban J connectivity index is 2.62. The molecular formula is C7H12BrN3. The van der Waals surface area contributed by atoms with Crippen molar-refractivity contribution in [2.45, 2.75) is 26.2 Å². The smallest absolute Gasteiger partial charge is 0.198 e. The summed E-state index contributed by atoms with van der Waals surface area (Å²) in [7, 11) is 0. The third-order valence-corrected chi connectivity index (χ3v) is 2.18. The monoisotopic (exact) mass is 217 g/mol. The maximum atomic E-state index is 5.45. The van der Waals surface area contributed by atoms with E-state index < -0.39 is 0 Å². The van der Waals surface area contributed by atoms with E-state index in [2.05, 4.69) is 32.8 Å². The predicted octanol–water partition coefficient (Wildman–Crippen LogP) is 2.10. The summed E-state index contributed by atoms with van der Waals surface area (Å²) in [5.74, 6) is 0.489. The third kappa shape index (κ3) is 2.22. The second-order valence-electron chi connectivity index (χ2n) is 2.49. The van der Waals surface area contributed by atoms with Crippen molar-refractivity contribution >= 4 is 21.9 Å². The molecule has 1 aromatic rings. The predicted molar refractivity (Wildman–Crippen MR) is 49.3 cm³/mol. The molecule has 1 heterocycles. The van der Waals surface area contributed by atoms with Crippen LogP contribution in [-0.4, -0.2) is 9.97 Å². The number of aryl methyl sites for hydroxylation is 1. The minimum Gasteiger partial charge on any atom is -0.369 e. The van der Waals surface area contributed by atoms with Gasteiger partial charge in [-0.2, -0.15) is 0 Å². The third-order valence-electron chi connectivity index (χ3n) is 1.53. The minimum atomic E-state index is 0.489. The van der Waals surface area contributed by atoms with Crippen LogP contribution in [-0.2, 0) is 6.42 Å². The van der Waals surface area contributed by atoms with Crippen LogP contribution in [0.5, 0.6) is 0 Å². The molecule has 4 heteroatoms. The van der Waals surface area contributed by atoms with Gasteiger partial charge in [0.25, 0.3) is 0 Å². The van der Waals surface area contributed by atoms with Crippen molar-refractivity contribution in [1.29, 1.82) is 0 Å². The molecule has 1 rings (SSSR count). The Hall–Kier alpha value is -0.510. The molecule has 0 fully saturated rings. The molecule has 0 radical (unpaired) electrons. The van der Waals surface area contributed by atoms with E-state index in [4.69, 9.17) is 5.73 Å². The van der Waals surface area contributed by atoms with Crippen LogP contribution in [0.1, 0.15) is 25.5 Å². The Bertz CT molecular complexity index is 232. The second-order valence-corrected chi connectivity index (χ2v) is 3.25. The SMILES string of the molecule is CCCCc1[nH]c(N)nc1Br. The van der Waals surface area contributed by atoms with E-state index in [9.17, 15) is 0 Å². The first kappa shape index (κ1) is 8.59. The van der Waals surface area contributed by atoms with Gasteiger partial charge in [0.2, 0.25) is 0 Å². The number of rotatable bonds is 3. The van der Waals surface area contributed by atoms with E-state index in [0.717, 1.165) is 16.7 Å². The summed E-state index contributed by atoms with van der Waals surface area (Å²) in [5, 5.41) is 0. The van der Waals surface area contributed by atoms with Crippen LogP contribution in [0.2, 0.25) is 0 Å². The van der Waals surface area contributed by atoms with Crippen LogP contribution >= 0.6 is 15.9 Å². The largest absolute Gasteiger partial charge is 0.369 e. The van der Waals surface area contributed by atoms with Crippen LogP contribution in [0.15, 0.2) is 4.60 Å². The molecule has 3 nitrogen and oxygen atoms in total. The molecule has 0 aliphatic carbocycles. The fraction of sp³-hybridized carbons (Fsp3) is 0.571. The lowest BCUT2D eigenvalue weighted by molar-refractivity contribution is 0.778. The van der Waals surface area contributed by atoms with Gasteiger partial charge in [-0.3, -0.25) is 0 Å². The van der Waals surface area contributed by atoms with Gasteiger partial charge in [0.05, 0.1) is 5.69 Å². The average Bonchev–Trinajstić information content (AvgIpc) is 2.26. The van der Waals surface area contributed by atoms with Gasteiger partial charge in [0.15, 0.2) is 5.95 Å². The van der Waals surface area contributed by atoms with Gasteiger partial charge in [-0.25, -0.2) is 4.98 Å². The lowest BCUT2D eigenvalue weighted by Crippen LogP contribution is -1.88. The Morgan fingerprint density at radius 2 is 2.36 bits per heavy atom. The van der Waals surface area contributed by atoms with Gasteiger partial charge in [-0.15, -0.1) is 0 Å². The zero-order valence-corrected chi connectivity index (χ0v) is 8.11. The molecule has 0 aliphatic heterocycles. The molecule has 0 amide bonds. The van der Waals surface area contributed by atoms with Gasteiger partial charge in [-0.1, -0.05) is 13.3 Å². The number of imidazole rings is 1. The van der Waals surface area contributed by atoms with E-state index in [0.29, 0.717) is 5.95 Å². The number of aromatic nitrogens is 2. The van der Waals surface area contributed by atoms with Crippen molar-refractivity contribution in [3.63, 3.8) is 0 Å². The van der Waals surface area contributed by atoms with Crippen LogP contribution in [0.3, 0.4) is 0 Å². The summed E-state index contributed by atoms with van der Waals surface area (Å²) in [6.45, 7) is 2.16. The molecule has 3 N–H and O–H groups in total.